The highest BCUT2D eigenvalue weighted by Crippen LogP contribution is 2.21. The minimum absolute atomic E-state index is 0.496. The standard InChI is InChI=1S/C16H26N6O3S/c23-26(24,21-5-1-2-6-21)22-9-7-19(8-10-22)15-3-4-17-16(18-15)20-11-13-25-14-12-20/h3-4H,1-2,5-14H2. The van der Waals surface area contributed by atoms with Crippen LogP contribution in [0.1, 0.15) is 12.8 Å². The summed E-state index contributed by atoms with van der Waals surface area (Å²) in [5, 5.41) is 0. The maximum Gasteiger partial charge on any atom is 0.282 e. The molecule has 10 heteroatoms. The molecule has 0 radical (unpaired) electrons. The predicted octanol–water partition coefficient (Wildman–Crippen LogP) is -0.224. The summed E-state index contributed by atoms with van der Waals surface area (Å²) in [6, 6.07) is 1.90. The molecule has 144 valence electrons. The van der Waals surface area contributed by atoms with E-state index in [1.807, 2.05) is 6.07 Å². The summed E-state index contributed by atoms with van der Waals surface area (Å²) in [5.41, 5.74) is 0. The average Bonchev–Trinajstić information content (AvgIpc) is 3.25. The Morgan fingerprint density at radius 3 is 2.19 bits per heavy atom. The van der Waals surface area contributed by atoms with Gasteiger partial charge in [0.1, 0.15) is 5.82 Å². The van der Waals surface area contributed by atoms with Gasteiger partial charge in [-0.05, 0) is 18.9 Å². The summed E-state index contributed by atoms with van der Waals surface area (Å²) in [5.74, 6) is 1.58. The molecule has 0 unspecified atom stereocenters. The van der Waals surface area contributed by atoms with E-state index >= 15 is 0 Å². The third-order valence-electron chi connectivity index (χ3n) is 5.20. The van der Waals surface area contributed by atoms with Crippen LogP contribution >= 0.6 is 0 Å². The molecule has 0 spiro atoms. The van der Waals surface area contributed by atoms with E-state index in [0.29, 0.717) is 52.5 Å². The lowest BCUT2D eigenvalue weighted by atomic mass is 10.3. The third kappa shape index (κ3) is 3.64. The van der Waals surface area contributed by atoms with Crippen molar-refractivity contribution in [2.45, 2.75) is 12.8 Å². The Hall–Kier alpha value is -1.49. The summed E-state index contributed by atoms with van der Waals surface area (Å²) >= 11 is 0. The van der Waals surface area contributed by atoms with Crippen LogP contribution in [0.15, 0.2) is 12.3 Å². The van der Waals surface area contributed by atoms with Crippen LogP contribution in [0.3, 0.4) is 0 Å². The van der Waals surface area contributed by atoms with Gasteiger partial charge in [0.2, 0.25) is 5.95 Å². The van der Waals surface area contributed by atoms with E-state index in [2.05, 4.69) is 14.8 Å². The van der Waals surface area contributed by atoms with E-state index in [4.69, 9.17) is 9.72 Å². The molecule has 1 aromatic heterocycles. The minimum atomic E-state index is -3.31. The van der Waals surface area contributed by atoms with E-state index in [1.54, 1.807) is 14.8 Å². The monoisotopic (exact) mass is 382 g/mol. The van der Waals surface area contributed by atoms with Crippen LogP contribution in [0.2, 0.25) is 0 Å². The van der Waals surface area contributed by atoms with Crippen molar-refractivity contribution in [2.24, 2.45) is 0 Å². The lowest BCUT2D eigenvalue weighted by Crippen LogP contribution is -2.52. The van der Waals surface area contributed by atoms with Crippen molar-refractivity contribution >= 4 is 22.0 Å². The number of aromatic nitrogens is 2. The molecular formula is C16H26N6O3S. The maximum absolute atomic E-state index is 12.7. The third-order valence-corrected chi connectivity index (χ3v) is 7.24. The van der Waals surface area contributed by atoms with E-state index in [-0.39, 0.29) is 0 Å². The average molecular weight is 382 g/mol. The molecule has 0 aromatic carbocycles. The number of nitrogens with zero attached hydrogens (tertiary/aromatic N) is 6. The number of hydrogen-bond acceptors (Lipinski definition) is 7. The first kappa shape index (κ1) is 17.9. The Morgan fingerprint density at radius 1 is 0.846 bits per heavy atom. The van der Waals surface area contributed by atoms with Gasteiger partial charge in [-0.1, -0.05) is 0 Å². The summed E-state index contributed by atoms with van der Waals surface area (Å²) in [4.78, 5) is 13.3. The molecule has 3 fully saturated rings. The number of hydrogen-bond donors (Lipinski definition) is 0. The number of anilines is 2. The van der Waals surface area contributed by atoms with Crippen molar-refractivity contribution < 1.29 is 13.2 Å². The maximum atomic E-state index is 12.7. The van der Waals surface area contributed by atoms with Crippen molar-refractivity contribution in [3.8, 4) is 0 Å². The summed E-state index contributed by atoms with van der Waals surface area (Å²) in [6.45, 7) is 6.57. The molecule has 0 saturated carbocycles. The van der Waals surface area contributed by atoms with Gasteiger partial charge in [-0.25, -0.2) is 4.98 Å². The van der Waals surface area contributed by atoms with E-state index < -0.39 is 10.2 Å². The Morgan fingerprint density at radius 2 is 1.50 bits per heavy atom. The summed E-state index contributed by atoms with van der Waals surface area (Å²) in [6.07, 6.45) is 3.70. The lowest BCUT2D eigenvalue weighted by molar-refractivity contribution is 0.122. The molecule has 4 heterocycles. The van der Waals surface area contributed by atoms with Gasteiger partial charge in [0.15, 0.2) is 0 Å². The van der Waals surface area contributed by atoms with Gasteiger partial charge in [-0.15, -0.1) is 0 Å². The Bertz CT molecular complexity index is 710. The van der Waals surface area contributed by atoms with E-state index in [1.165, 1.54) is 0 Å². The first-order valence-electron chi connectivity index (χ1n) is 9.30. The Balaban J connectivity index is 1.40. The van der Waals surface area contributed by atoms with Crippen LogP contribution in [0.25, 0.3) is 0 Å². The summed E-state index contributed by atoms with van der Waals surface area (Å²) < 4.78 is 34.0. The van der Waals surface area contributed by atoms with Crippen molar-refractivity contribution in [3.63, 3.8) is 0 Å². The molecule has 1 aromatic rings. The molecule has 0 aliphatic carbocycles. The Labute approximate surface area is 154 Å². The van der Waals surface area contributed by atoms with Crippen LogP contribution in [0, 0.1) is 0 Å². The minimum Gasteiger partial charge on any atom is -0.378 e. The van der Waals surface area contributed by atoms with Gasteiger partial charge < -0.3 is 14.5 Å². The highest BCUT2D eigenvalue weighted by molar-refractivity contribution is 7.86. The topological polar surface area (TPSA) is 82.1 Å². The molecule has 3 aliphatic heterocycles. The molecule has 26 heavy (non-hydrogen) atoms. The van der Waals surface area contributed by atoms with Gasteiger partial charge in [0.05, 0.1) is 13.2 Å². The van der Waals surface area contributed by atoms with Gasteiger partial charge in [0, 0.05) is 58.6 Å². The van der Waals surface area contributed by atoms with Crippen molar-refractivity contribution in [1.29, 1.82) is 0 Å². The number of ether oxygens (including phenoxy) is 1. The predicted molar refractivity (Wildman–Crippen MR) is 98.6 cm³/mol. The molecule has 0 bridgehead atoms. The van der Waals surface area contributed by atoms with E-state index in [9.17, 15) is 8.42 Å². The van der Waals surface area contributed by atoms with Crippen molar-refractivity contribution in [1.82, 2.24) is 18.6 Å². The molecule has 3 saturated heterocycles. The normalized spacial score (nSPS) is 23.5. The molecule has 3 aliphatic rings. The quantitative estimate of drug-likeness (QED) is 0.712. The second kappa shape index (κ2) is 7.63. The van der Waals surface area contributed by atoms with Gasteiger partial charge in [-0.2, -0.15) is 22.0 Å². The molecule has 0 amide bonds. The first-order chi connectivity index (χ1) is 12.6. The fraction of sp³-hybridized carbons (Fsp3) is 0.750. The fourth-order valence-electron chi connectivity index (χ4n) is 3.66. The molecule has 9 nitrogen and oxygen atoms in total. The van der Waals surface area contributed by atoms with Gasteiger partial charge in [-0.3, -0.25) is 0 Å². The van der Waals surface area contributed by atoms with Gasteiger partial charge >= 0.3 is 0 Å². The zero-order valence-corrected chi connectivity index (χ0v) is 15.8. The Kier molecular flexibility index (Phi) is 5.25. The smallest absolute Gasteiger partial charge is 0.282 e. The first-order valence-corrected chi connectivity index (χ1v) is 10.7. The largest absolute Gasteiger partial charge is 0.378 e. The van der Waals surface area contributed by atoms with E-state index in [0.717, 1.165) is 37.7 Å². The molecule has 4 rings (SSSR count). The molecular weight excluding hydrogens is 356 g/mol. The zero-order valence-electron chi connectivity index (χ0n) is 15.0. The highest BCUT2D eigenvalue weighted by atomic mass is 32.2. The second-order valence-corrected chi connectivity index (χ2v) is 8.74. The van der Waals surface area contributed by atoms with Crippen molar-refractivity contribution in [3.05, 3.63) is 12.3 Å². The lowest BCUT2D eigenvalue weighted by Gasteiger charge is -2.36. The number of piperazine rings is 1. The summed E-state index contributed by atoms with van der Waals surface area (Å²) in [7, 11) is -3.31. The van der Waals surface area contributed by atoms with Crippen LogP contribution in [0.5, 0.6) is 0 Å². The second-order valence-electron chi connectivity index (χ2n) is 6.81. The molecule has 0 N–H and O–H groups in total. The highest BCUT2D eigenvalue weighted by Gasteiger charge is 2.34. The van der Waals surface area contributed by atoms with Crippen molar-refractivity contribution in [2.75, 3.05) is 75.4 Å². The number of rotatable bonds is 4. The molecule has 0 atom stereocenters. The van der Waals surface area contributed by atoms with Crippen LogP contribution in [-0.2, 0) is 14.9 Å². The fourth-order valence-corrected chi connectivity index (χ4v) is 5.33. The zero-order chi connectivity index (χ0) is 18.0. The van der Waals surface area contributed by atoms with Gasteiger partial charge in [0.25, 0.3) is 10.2 Å². The SMILES string of the molecule is O=S(=O)(N1CCCC1)N1CCN(c2ccnc(N3CCOCC3)n2)CC1. The van der Waals surface area contributed by atoms with Crippen LogP contribution < -0.4 is 9.80 Å². The van der Waals surface area contributed by atoms with Crippen LogP contribution in [-0.4, -0.2) is 92.6 Å². The number of morpholine rings is 1. The van der Waals surface area contributed by atoms with Crippen LogP contribution in [0.4, 0.5) is 11.8 Å².